The SMILES string of the molecule is CN(C)C(=O)c1ccc(NCC(=O)Nc2ccc(C(=O)N3CCCC3)cc2)cc1. The van der Waals surface area contributed by atoms with Gasteiger partial charge < -0.3 is 20.4 Å². The maximum Gasteiger partial charge on any atom is 0.253 e. The smallest absolute Gasteiger partial charge is 0.253 e. The molecule has 0 aromatic heterocycles. The molecule has 1 saturated heterocycles. The van der Waals surface area contributed by atoms with E-state index in [9.17, 15) is 14.4 Å². The first-order valence-corrected chi connectivity index (χ1v) is 9.69. The zero-order chi connectivity index (χ0) is 20.8. The third kappa shape index (κ3) is 5.34. The van der Waals surface area contributed by atoms with Crippen LogP contribution in [0.4, 0.5) is 11.4 Å². The second-order valence-corrected chi connectivity index (χ2v) is 7.26. The zero-order valence-electron chi connectivity index (χ0n) is 16.8. The minimum atomic E-state index is -0.197. The van der Waals surface area contributed by atoms with E-state index in [1.54, 1.807) is 62.6 Å². The van der Waals surface area contributed by atoms with Crippen molar-refractivity contribution in [3.05, 3.63) is 59.7 Å². The van der Waals surface area contributed by atoms with Crippen LogP contribution >= 0.6 is 0 Å². The molecule has 29 heavy (non-hydrogen) atoms. The number of hydrogen-bond acceptors (Lipinski definition) is 4. The van der Waals surface area contributed by atoms with Crippen molar-refractivity contribution in [3.63, 3.8) is 0 Å². The number of nitrogens with one attached hydrogen (secondary N) is 2. The molecule has 1 aliphatic rings. The van der Waals surface area contributed by atoms with E-state index in [-0.39, 0.29) is 24.3 Å². The molecule has 2 aromatic rings. The van der Waals surface area contributed by atoms with Gasteiger partial charge in [-0.15, -0.1) is 0 Å². The van der Waals surface area contributed by atoms with Gasteiger partial charge in [0.25, 0.3) is 11.8 Å². The Hall–Kier alpha value is -3.35. The van der Waals surface area contributed by atoms with Crippen LogP contribution in [0.5, 0.6) is 0 Å². The van der Waals surface area contributed by atoms with Crippen molar-refractivity contribution < 1.29 is 14.4 Å². The van der Waals surface area contributed by atoms with Crippen molar-refractivity contribution in [2.75, 3.05) is 44.4 Å². The number of amides is 3. The van der Waals surface area contributed by atoms with Crippen molar-refractivity contribution in [3.8, 4) is 0 Å². The lowest BCUT2D eigenvalue weighted by Crippen LogP contribution is -2.27. The van der Waals surface area contributed by atoms with Gasteiger partial charge in [-0.3, -0.25) is 14.4 Å². The highest BCUT2D eigenvalue weighted by Gasteiger charge is 2.19. The zero-order valence-corrected chi connectivity index (χ0v) is 16.8. The molecule has 0 radical (unpaired) electrons. The van der Waals surface area contributed by atoms with Gasteiger partial charge in [0.1, 0.15) is 0 Å². The molecule has 0 unspecified atom stereocenters. The Kier molecular flexibility index (Phi) is 6.49. The summed E-state index contributed by atoms with van der Waals surface area (Å²) in [4.78, 5) is 39.8. The fourth-order valence-electron chi connectivity index (χ4n) is 3.18. The van der Waals surface area contributed by atoms with Crippen LogP contribution in [0, 0.1) is 0 Å². The quantitative estimate of drug-likeness (QED) is 0.789. The van der Waals surface area contributed by atoms with Crippen LogP contribution in [0.3, 0.4) is 0 Å². The van der Waals surface area contributed by atoms with Gasteiger partial charge in [-0.05, 0) is 61.4 Å². The van der Waals surface area contributed by atoms with Crippen molar-refractivity contribution in [1.29, 1.82) is 0 Å². The van der Waals surface area contributed by atoms with E-state index in [1.165, 1.54) is 4.90 Å². The lowest BCUT2D eigenvalue weighted by atomic mass is 10.2. The second-order valence-electron chi connectivity index (χ2n) is 7.26. The molecule has 0 atom stereocenters. The molecule has 3 rings (SSSR count). The number of rotatable bonds is 6. The summed E-state index contributed by atoms with van der Waals surface area (Å²) in [7, 11) is 3.40. The highest BCUT2D eigenvalue weighted by atomic mass is 16.2. The van der Waals surface area contributed by atoms with Gasteiger partial charge in [-0.2, -0.15) is 0 Å². The molecule has 0 bridgehead atoms. The van der Waals surface area contributed by atoms with Crippen LogP contribution in [0.2, 0.25) is 0 Å². The van der Waals surface area contributed by atoms with Crippen LogP contribution in [-0.4, -0.2) is 61.3 Å². The molecule has 7 nitrogen and oxygen atoms in total. The number of anilines is 2. The van der Waals surface area contributed by atoms with Crippen molar-refractivity contribution in [1.82, 2.24) is 9.80 Å². The highest BCUT2D eigenvalue weighted by molar-refractivity contribution is 5.97. The van der Waals surface area contributed by atoms with E-state index in [2.05, 4.69) is 10.6 Å². The van der Waals surface area contributed by atoms with Gasteiger partial charge in [0.15, 0.2) is 0 Å². The summed E-state index contributed by atoms with van der Waals surface area (Å²) in [5.41, 5.74) is 2.62. The molecule has 0 spiro atoms. The van der Waals surface area contributed by atoms with Gasteiger partial charge in [-0.1, -0.05) is 0 Å². The monoisotopic (exact) mass is 394 g/mol. The van der Waals surface area contributed by atoms with Crippen LogP contribution in [0.15, 0.2) is 48.5 Å². The fourth-order valence-corrected chi connectivity index (χ4v) is 3.18. The van der Waals surface area contributed by atoms with Crippen LogP contribution in [0.1, 0.15) is 33.6 Å². The topological polar surface area (TPSA) is 81.8 Å². The molecule has 0 saturated carbocycles. The highest BCUT2D eigenvalue weighted by Crippen LogP contribution is 2.16. The predicted molar refractivity (Wildman–Crippen MR) is 113 cm³/mol. The Bertz CT molecular complexity index is 870. The lowest BCUT2D eigenvalue weighted by Gasteiger charge is -2.15. The summed E-state index contributed by atoms with van der Waals surface area (Å²) in [6.07, 6.45) is 2.11. The van der Waals surface area contributed by atoms with E-state index in [0.29, 0.717) is 16.8 Å². The van der Waals surface area contributed by atoms with Gasteiger partial charge in [0.2, 0.25) is 5.91 Å². The molecule has 1 fully saturated rings. The fraction of sp³-hybridized carbons (Fsp3) is 0.318. The van der Waals surface area contributed by atoms with Gasteiger partial charge >= 0.3 is 0 Å². The number of carbonyl (C=O) groups excluding carboxylic acids is 3. The maximum atomic E-state index is 12.3. The van der Waals surface area contributed by atoms with E-state index in [4.69, 9.17) is 0 Å². The first kappa shape index (κ1) is 20.4. The molecule has 1 aliphatic heterocycles. The maximum absolute atomic E-state index is 12.3. The van der Waals surface area contributed by atoms with Crippen LogP contribution in [0.25, 0.3) is 0 Å². The molecule has 152 valence electrons. The second kappa shape index (κ2) is 9.23. The van der Waals surface area contributed by atoms with Crippen molar-refractivity contribution in [2.45, 2.75) is 12.8 Å². The summed E-state index contributed by atoms with van der Waals surface area (Å²) >= 11 is 0. The standard InChI is InChI=1S/C22H26N4O3/c1-25(2)21(28)16-5-9-18(10-6-16)23-15-20(27)24-19-11-7-17(8-12-19)22(29)26-13-3-4-14-26/h5-12,23H,3-4,13-15H2,1-2H3,(H,24,27). The number of likely N-dealkylation sites (tertiary alicyclic amines) is 1. The predicted octanol–water partition coefficient (Wildman–Crippen LogP) is 2.68. The van der Waals surface area contributed by atoms with E-state index in [1.807, 2.05) is 4.90 Å². The third-order valence-corrected chi connectivity index (χ3v) is 4.80. The molecule has 2 N–H and O–H groups in total. The van der Waals surface area contributed by atoms with Crippen molar-refractivity contribution >= 4 is 29.1 Å². The summed E-state index contributed by atoms with van der Waals surface area (Å²) < 4.78 is 0. The molecule has 2 aromatic carbocycles. The van der Waals surface area contributed by atoms with Gasteiger partial charge in [0, 0.05) is 49.7 Å². The summed E-state index contributed by atoms with van der Waals surface area (Å²) in [6.45, 7) is 1.72. The first-order valence-electron chi connectivity index (χ1n) is 9.69. The summed E-state index contributed by atoms with van der Waals surface area (Å²) in [5, 5.41) is 5.83. The van der Waals surface area contributed by atoms with Crippen LogP contribution < -0.4 is 10.6 Å². The Morgan fingerprint density at radius 3 is 2.00 bits per heavy atom. The Balaban J connectivity index is 1.49. The molecular weight excluding hydrogens is 368 g/mol. The minimum Gasteiger partial charge on any atom is -0.376 e. The lowest BCUT2D eigenvalue weighted by molar-refractivity contribution is -0.114. The molecule has 1 heterocycles. The Morgan fingerprint density at radius 1 is 0.862 bits per heavy atom. The van der Waals surface area contributed by atoms with Gasteiger partial charge in [-0.25, -0.2) is 0 Å². The van der Waals surface area contributed by atoms with E-state index < -0.39 is 0 Å². The third-order valence-electron chi connectivity index (χ3n) is 4.80. The largest absolute Gasteiger partial charge is 0.376 e. The Labute approximate surface area is 170 Å². The van der Waals surface area contributed by atoms with E-state index >= 15 is 0 Å². The first-order chi connectivity index (χ1) is 13.9. The van der Waals surface area contributed by atoms with E-state index in [0.717, 1.165) is 31.6 Å². The number of benzene rings is 2. The number of carbonyl (C=O) groups is 3. The summed E-state index contributed by atoms with van der Waals surface area (Å²) in [5.74, 6) is -0.226. The molecule has 3 amide bonds. The molecular formula is C22H26N4O3. The molecule has 0 aliphatic carbocycles. The van der Waals surface area contributed by atoms with Crippen LogP contribution in [-0.2, 0) is 4.79 Å². The summed E-state index contributed by atoms with van der Waals surface area (Å²) in [6, 6.07) is 13.9. The number of nitrogens with zero attached hydrogens (tertiary/aromatic N) is 2. The average molecular weight is 394 g/mol. The molecule has 7 heteroatoms. The number of hydrogen-bond donors (Lipinski definition) is 2. The van der Waals surface area contributed by atoms with Crippen molar-refractivity contribution in [2.24, 2.45) is 0 Å². The Morgan fingerprint density at radius 2 is 1.41 bits per heavy atom. The average Bonchev–Trinajstić information content (AvgIpc) is 3.27. The minimum absolute atomic E-state index is 0.0400. The van der Waals surface area contributed by atoms with Gasteiger partial charge in [0.05, 0.1) is 6.54 Å². The normalized spacial score (nSPS) is 13.1.